The number of likely N-dealkylation sites (N-methyl/N-ethyl adjacent to an activating group) is 1. The van der Waals surface area contributed by atoms with E-state index in [9.17, 15) is 13.6 Å². The zero-order valence-corrected chi connectivity index (χ0v) is 17.4. The van der Waals surface area contributed by atoms with Gasteiger partial charge in [0, 0.05) is 25.1 Å². The fourth-order valence-corrected chi connectivity index (χ4v) is 3.98. The van der Waals surface area contributed by atoms with Crippen molar-refractivity contribution in [3.63, 3.8) is 0 Å². The van der Waals surface area contributed by atoms with Crippen molar-refractivity contribution in [2.45, 2.75) is 31.8 Å². The summed E-state index contributed by atoms with van der Waals surface area (Å²) in [5, 5.41) is 0. The van der Waals surface area contributed by atoms with Crippen LogP contribution in [0, 0.1) is 11.6 Å². The highest BCUT2D eigenvalue weighted by Crippen LogP contribution is 2.32. The van der Waals surface area contributed by atoms with Crippen molar-refractivity contribution < 1.29 is 18.0 Å². The molecule has 0 bridgehead atoms. The van der Waals surface area contributed by atoms with Crippen molar-refractivity contribution in [3.8, 4) is 0 Å². The highest BCUT2D eigenvalue weighted by Gasteiger charge is 2.33. The molecule has 1 aromatic heterocycles. The van der Waals surface area contributed by atoms with Crippen LogP contribution in [0.25, 0.3) is 0 Å². The summed E-state index contributed by atoms with van der Waals surface area (Å²) in [7, 11) is 1.81. The summed E-state index contributed by atoms with van der Waals surface area (Å²) < 4.78 is 32.9. The Morgan fingerprint density at radius 3 is 2.74 bits per heavy atom. The van der Waals surface area contributed by atoms with E-state index < -0.39 is 0 Å². The number of nitrogens with zero attached hydrogens (tertiary/aromatic N) is 3. The summed E-state index contributed by atoms with van der Waals surface area (Å²) in [6, 6.07) is 12.7. The molecule has 0 N–H and O–H groups in total. The van der Waals surface area contributed by atoms with Gasteiger partial charge in [-0.3, -0.25) is 9.69 Å². The van der Waals surface area contributed by atoms with E-state index in [1.165, 1.54) is 18.2 Å². The van der Waals surface area contributed by atoms with E-state index in [0.29, 0.717) is 36.7 Å². The first-order valence-corrected chi connectivity index (χ1v) is 10.4. The first kappa shape index (κ1) is 21.2. The standard InChI is InChI=1S/C24H25F2N3O2/c1-28(15-18-5-2-3-6-21(18)26)16-23(30)29-12-4-7-22(29)24-27-14-20(31-24)13-17-8-10-19(25)11-9-17/h2-3,5-6,8-11,14,22H,4,7,12-13,15-16H2,1H3/t22-/m1/s1. The molecular weight excluding hydrogens is 400 g/mol. The molecule has 0 spiro atoms. The molecule has 1 fully saturated rings. The Morgan fingerprint density at radius 1 is 1.19 bits per heavy atom. The molecule has 7 heteroatoms. The van der Waals surface area contributed by atoms with Crippen molar-refractivity contribution in [3.05, 3.63) is 89.1 Å². The Bertz CT molecular complexity index is 1040. The molecule has 0 saturated carbocycles. The molecule has 5 nitrogen and oxygen atoms in total. The van der Waals surface area contributed by atoms with E-state index in [0.717, 1.165) is 18.4 Å². The summed E-state index contributed by atoms with van der Waals surface area (Å²) >= 11 is 0. The lowest BCUT2D eigenvalue weighted by Gasteiger charge is -2.25. The van der Waals surface area contributed by atoms with Gasteiger partial charge in [-0.25, -0.2) is 13.8 Å². The Kier molecular flexibility index (Phi) is 6.42. The average Bonchev–Trinajstić information content (AvgIpc) is 3.41. The number of hydrogen-bond donors (Lipinski definition) is 0. The smallest absolute Gasteiger partial charge is 0.237 e. The van der Waals surface area contributed by atoms with Crippen LogP contribution in [0.3, 0.4) is 0 Å². The van der Waals surface area contributed by atoms with Crippen LogP contribution in [-0.2, 0) is 17.8 Å². The van der Waals surface area contributed by atoms with Gasteiger partial charge in [0.15, 0.2) is 0 Å². The van der Waals surface area contributed by atoms with Gasteiger partial charge in [0.05, 0.1) is 12.7 Å². The number of oxazole rings is 1. The second kappa shape index (κ2) is 9.39. The maximum absolute atomic E-state index is 13.9. The van der Waals surface area contributed by atoms with Gasteiger partial charge in [-0.2, -0.15) is 0 Å². The van der Waals surface area contributed by atoms with Gasteiger partial charge in [-0.1, -0.05) is 30.3 Å². The molecular formula is C24H25F2N3O2. The molecule has 31 heavy (non-hydrogen) atoms. The normalized spacial score (nSPS) is 16.3. The highest BCUT2D eigenvalue weighted by molar-refractivity contribution is 5.79. The number of likely N-dealkylation sites (tertiary alicyclic amines) is 1. The van der Waals surface area contributed by atoms with E-state index in [1.54, 1.807) is 48.5 Å². The van der Waals surface area contributed by atoms with Gasteiger partial charge in [0.2, 0.25) is 11.8 Å². The number of benzene rings is 2. The summed E-state index contributed by atoms with van der Waals surface area (Å²) in [4.78, 5) is 20.9. The third-order valence-corrected chi connectivity index (χ3v) is 5.52. The SMILES string of the molecule is CN(CC(=O)N1CCC[C@@H]1c1ncc(Cc2ccc(F)cc2)o1)Cc1ccccc1F. The summed E-state index contributed by atoms with van der Waals surface area (Å²) in [6.45, 7) is 1.19. The molecule has 1 amide bonds. The molecule has 0 aliphatic carbocycles. The first-order valence-electron chi connectivity index (χ1n) is 10.4. The van der Waals surface area contributed by atoms with Gasteiger partial charge < -0.3 is 9.32 Å². The second-order valence-corrected chi connectivity index (χ2v) is 7.98. The number of aromatic nitrogens is 1. The van der Waals surface area contributed by atoms with Gasteiger partial charge in [-0.05, 0) is 43.7 Å². The lowest BCUT2D eigenvalue weighted by Crippen LogP contribution is -2.38. The Morgan fingerprint density at radius 2 is 1.97 bits per heavy atom. The summed E-state index contributed by atoms with van der Waals surface area (Å²) in [6.07, 6.45) is 3.85. The van der Waals surface area contributed by atoms with Crippen LogP contribution in [0.4, 0.5) is 8.78 Å². The minimum atomic E-state index is -0.276. The average molecular weight is 425 g/mol. The van der Waals surface area contributed by atoms with Crippen LogP contribution < -0.4 is 0 Å². The number of rotatable bonds is 7. The van der Waals surface area contributed by atoms with Crippen molar-refractivity contribution in [2.75, 3.05) is 20.1 Å². The van der Waals surface area contributed by atoms with E-state index in [4.69, 9.17) is 4.42 Å². The van der Waals surface area contributed by atoms with E-state index >= 15 is 0 Å². The zero-order chi connectivity index (χ0) is 21.8. The zero-order valence-electron chi connectivity index (χ0n) is 17.4. The Labute approximate surface area is 180 Å². The molecule has 4 rings (SSSR count). The minimum absolute atomic E-state index is 0.0281. The van der Waals surface area contributed by atoms with Gasteiger partial charge in [-0.15, -0.1) is 0 Å². The number of carbonyl (C=O) groups is 1. The molecule has 162 valence electrons. The number of hydrogen-bond acceptors (Lipinski definition) is 4. The van der Waals surface area contributed by atoms with Crippen LogP contribution >= 0.6 is 0 Å². The number of carbonyl (C=O) groups excluding carboxylic acids is 1. The van der Waals surface area contributed by atoms with Crippen molar-refractivity contribution >= 4 is 5.91 Å². The molecule has 1 atom stereocenters. The number of halogens is 2. The fraction of sp³-hybridized carbons (Fsp3) is 0.333. The largest absolute Gasteiger partial charge is 0.443 e. The summed E-state index contributed by atoms with van der Waals surface area (Å²) in [5.74, 6) is 0.633. The lowest BCUT2D eigenvalue weighted by molar-refractivity contribution is -0.133. The number of amides is 1. The summed E-state index contributed by atoms with van der Waals surface area (Å²) in [5.41, 5.74) is 1.49. The van der Waals surface area contributed by atoms with Crippen LogP contribution in [0.5, 0.6) is 0 Å². The second-order valence-electron chi connectivity index (χ2n) is 7.98. The minimum Gasteiger partial charge on any atom is -0.443 e. The maximum Gasteiger partial charge on any atom is 0.237 e. The maximum atomic E-state index is 13.9. The van der Waals surface area contributed by atoms with Gasteiger partial charge >= 0.3 is 0 Å². The monoisotopic (exact) mass is 425 g/mol. The van der Waals surface area contributed by atoms with Crippen molar-refractivity contribution in [1.82, 2.24) is 14.8 Å². The molecule has 3 aromatic rings. The van der Waals surface area contributed by atoms with Crippen LogP contribution in [0.2, 0.25) is 0 Å². The molecule has 2 heterocycles. The topological polar surface area (TPSA) is 49.6 Å². The lowest BCUT2D eigenvalue weighted by atomic mass is 10.1. The van der Waals surface area contributed by atoms with E-state index in [-0.39, 0.29) is 30.1 Å². The molecule has 1 saturated heterocycles. The Balaban J connectivity index is 1.38. The third kappa shape index (κ3) is 5.17. The highest BCUT2D eigenvalue weighted by atomic mass is 19.1. The van der Waals surface area contributed by atoms with Crippen molar-refractivity contribution in [2.24, 2.45) is 0 Å². The molecule has 1 aliphatic rings. The van der Waals surface area contributed by atoms with Crippen LogP contribution in [-0.4, -0.2) is 40.8 Å². The first-order chi connectivity index (χ1) is 15.0. The fourth-order valence-electron chi connectivity index (χ4n) is 3.98. The third-order valence-electron chi connectivity index (χ3n) is 5.52. The molecule has 0 radical (unpaired) electrons. The predicted molar refractivity (Wildman–Crippen MR) is 112 cm³/mol. The van der Waals surface area contributed by atoms with Crippen molar-refractivity contribution in [1.29, 1.82) is 0 Å². The predicted octanol–water partition coefficient (Wildman–Crippen LogP) is 4.34. The molecule has 1 aliphatic heterocycles. The van der Waals surface area contributed by atoms with Gasteiger partial charge in [0.25, 0.3) is 0 Å². The van der Waals surface area contributed by atoms with Gasteiger partial charge in [0.1, 0.15) is 23.4 Å². The molecule has 2 aromatic carbocycles. The van der Waals surface area contributed by atoms with Crippen LogP contribution in [0.15, 0.2) is 59.1 Å². The molecule has 0 unspecified atom stereocenters. The quantitative estimate of drug-likeness (QED) is 0.565. The van der Waals surface area contributed by atoms with Crippen LogP contribution in [0.1, 0.15) is 41.7 Å². The Hall–Kier alpha value is -3.06. The van der Waals surface area contributed by atoms with E-state index in [2.05, 4.69) is 4.98 Å². The van der Waals surface area contributed by atoms with E-state index in [1.807, 2.05) is 4.90 Å².